The molecule has 0 spiro atoms. The molecule has 2 aliphatic carbocycles. The van der Waals surface area contributed by atoms with Gasteiger partial charge in [0, 0.05) is 29.6 Å². The van der Waals surface area contributed by atoms with Crippen LogP contribution in [-0.2, 0) is 0 Å². The Morgan fingerprint density at radius 2 is 1.82 bits per heavy atom. The van der Waals surface area contributed by atoms with E-state index in [4.69, 9.17) is 21.6 Å². The van der Waals surface area contributed by atoms with E-state index in [1.54, 1.807) is 12.4 Å². The van der Waals surface area contributed by atoms with Crippen molar-refractivity contribution in [3.63, 3.8) is 0 Å². The highest BCUT2D eigenvalue weighted by Crippen LogP contribution is 2.30. The number of rotatable bonds is 5. The van der Waals surface area contributed by atoms with Gasteiger partial charge in [0.2, 0.25) is 0 Å². The Morgan fingerprint density at radius 3 is 2.64 bits per heavy atom. The Kier molecular flexibility index (Phi) is 6.17. The molecule has 0 saturated heterocycles. The van der Waals surface area contributed by atoms with Gasteiger partial charge in [0.25, 0.3) is 5.91 Å². The maximum Gasteiger partial charge on any atom is 0.253 e. The molecular formula is C26H24ClN5O. The predicted octanol–water partition coefficient (Wildman–Crippen LogP) is 5.60. The number of nitrogens with one attached hydrogen (secondary N) is 2. The molecular weight excluding hydrogens is 434 g/mol. The minimum atomic E-state index is -0.238. The number of carbonyl (C=O) groups excluding carboxylic acids is 1. The van der Waals surface area contributed by atoms with Crippen LogP contribution in [0.2, 0.25) is 0 Å². The van der Waals surface area contributed by atoms with Crippen LogP contribution >= 0.6 is 11.6 Å². The highest BCUT2D eigenvalue weighted by Gasteiger charge is 2.21. The molecule has 2 heterocycles. The highest BCUT2D eigenvalue weighted by atomic mass is 35.5. The zero-order valence-electron chi connectivity index (χ0n) is 18.0. The van der Waals surface area contributed by atoms with E-state index in [0.29, 0.717) is 22.9 Å². The second-order valence-corrected chi connectivity index (χ2v) is 8.73. The average molecular weight is 458 g/mol. The van der Waals surface area contributed by atoms with Crippen molar-refractivity contribution in [2.75, 3.05) is 5.32 Å². The van der Waals surface area contributed by atoms with Gasteiger partial charge >= 0.3 is 0 Å². The first-order valence-electron chi connectivity index (χ1n) is 11.2. The number of anilines is 2. The smallest absolute Gasteiger partial charge is 0.253 e. The third-order valence-electron chi connectivity index (χ3n) is 5.89. The molecule has 0 bridgehead atoms. The van der Waals surface area contributed by atoms with Crippen molar-refractivity contribution >= 4 is 41.2 Å². The van der Waals surface area contributed by atoms with Crippen LogP contribution in [0.3, 0.4) is 0 Å². The number of aromatic nitrogens is 3. The van der Waals surface area contributed by atoms with Gasteiger partial charge in [-0.3, -0.25) is 9.78 Å². The number of benzene rings is 1. The Balaban J connectivity index is 1.54. The summed E-state index contributed by atoms with van der Waals surface area (Å²) >= 11 is 6.32. The van der Waals surface area contributed by atoms with Crippen LogP contribution in [0.15, 0.2) is 60.9 Å². The fourth-order valence-electron chi connectivity index (χ4n) is 4.18. The molecule has 2 aliphatic rings. The van der Waals surface area contributed by atoms with Crippen LogP contribution in [0.1, 0.15) is 47.3 Å². The molecule has 7 heteroatoms. The molecule has 2 aromatic heterocycles. The first-order valence-corrected chi connectivity index (χ1v) is 11.6. The quantitative estimate of drug-likeness (QED) is 0.487. The Hall–Kier alpha value is -3.51. The summed E-state index contributed by atoms with van der Waals surface area (Å²) in [5, 5.41) is 6.34. The van der Waals surface area contributed by atoms with E-state index in [9.17, 15) is 4.79 Å². The first kappa shape index (κ1) is 21.3. The molecule has 1 unspecified atom stereocenters. The Morgan fingerprint density at radius 1 is 1.00 bits per heavy atom. The van der Waals surface area contributed by atoms with E-state index in [1.807, 2.05) is 60.7 Å². The lowest BCUT2D eigenvalue weighted by Gasteiger charge is -2.17. The zero-order chi connectivity index (χ0) is 22.6. The third kappa shape index (κ3) is 4.81. The second-order valence-electron chi connectivity index (χ2n) is 8.22. The fraction of sp³-hybridized carbons (Fsp3) is 0.231. The van der Waals surface area contributed by atoms with Gasteiger partial charge in [-0.05, 0) is 43.2 Å². The number of carbonyl (C=O) groups is 1. The van der Waals surface area contributed by atoms with Gasteiger partial charge in [-0.1, -0.05) is 43.2 Å². The van der Waals surface area contributed by atoms with Gasteiger partial charge in [0.05, 0.1) is 22.3 Å². The standard InChI is InChI=1S/C26H24ClN5O/c27-18-11-13-20-23(14-12-18)30-24(17-6-5-15-28-16-17)32-25(20)31-22-10-4-3-9-21(22)26(33)29-19-7-1-2-8-19/h3-6,9-16,18-19H,1-2,7-8H2,(H,29,33)(H,30,31,32). The summed E-state index contributed by atoms with van der Waals surface area (Å²) in [7, 11) is 0. The number of hydrogen-bond acceptors (Lipinski definition) is 5. The van der Waals surface area contributed by atoms with Crippen molar-refractivity contribution in [1.29, 1.82) is 0 Å². The van der Waals surface area contributed by atoms with Crippen LogP contribution in [0, 0.1) is 0 Å². The number of hydrogen-bond donors (Lipinski definition) is 2. The van der Waals surface area contributed by atoms with Crippen molar-refractivity contribution in [2.45, 2.75) is 37.1 Å². The molecule has 6 nitrogen and oxygen atoms in total. The largest absolute Gasteiger partial charge is 0.349 e. The van der Waals surface area contributed by atoms with Crippen molar-refractivity contribution in [3.05, 3.63) is 77.8 Å². The van der Waals surface area contributed by atoms with Crippen molar-refractivity contribution in [1.82, 2.24) is 20.3 Å². The van der Waals surface area contributed by atoms with Crippen LogP contribution in [0.25, 0.3) is 23.5 Å². The second kappa shape index (κ2) is 9.55. The van der Waals surface area contributed by atoms with Crippen molar-refractivity contribution < 1.29 is 4.79 Å². The molecule has 1 atom stereocenters. The number of allylic oxidation sites excluding steroid dienone is 2. The molecule has 33 heavy (non-hydrogen) atoms. The fourth-order valence-corrected chi connectivity index (χ4v) is 4.33. The lowest BCUT2D eigenvalue weighted by Crippen LogP contribution is -2.32. The molecule has 0 radical (unpaired) electrons. The number of pyridine rings is 1. The molecule has 1 fully saturated rings. The molecule has 1 amide bonds. The lowest BCUT2D eigenvalue weighted by molar-refractivity contribution is 0.0938. The van der Waals surface area contributed by atoms with Gasteiger partial charge in [0.15, 0.2) is 5.82 Å². The number of halogens is 1. The normalized spacial score (nSPS) is 17.4. The van der Waals surface area contributed by atoms with Gasteiger partial charge in [-0.2, -0.15) is 0 Å². The number of alkyl halides is 1. The van der Waals surface area contributed by atoms with E-state index >= 15 is 0 Å². The third-order valence-corrected chi connectivity index (χ3v) is 6.19. The van der Waals surface area contributed by atoms with Gasteiger partial charge in [-0.25, -0.2) is 9.97 Å². The van der Waals surface area contributed by atoms with Crippen LogP contribution < -0.4 is 10.6 Å². The maximum atomic E-state index is 13.1. The van der Waals surface area contributed by atoms with E-state index in [0.717, 1.165) is 42.5 Å². The van der Waals surface area contributed by atoms with Crippen molar-refractivity contribution in [2.24, 2.45) is 0 Å². The summed E-state index contributed by atoms with van der Waals surface area (Å²) in [5.41, 5.74) is 3.64. The summed E-state index contributed by atoms with van der Waals surface area (Å²) in [6, 6.07) is 11.5. The topological polar surface area (TPSA) is 79.8 Å². The predicted molar refractivity (Wildman–Crippen MR) is 132 cm³/mol. The highest BCUT2D eigenvalue weighted by molar-refractivity contribution is 6.23. The van der Waals surface area contributed by atoms with Crippen LogP contribution in [-0.4, -0.2) is 32.3 Å². The van der Waals surface area contributed by atoms with E-state index < -0.39 is 0 Å². The Labute approximate surface area is 197 Å². The van der Waals surface area contributed by atoms with E-state index in [1.165, 1.54) is 0 Å². The number of amides is 1. The number of para-hydroxylation sites is 1. The molecule has 2 N–H and O–H groups in total. The average Bonchev–Trinajstić information content (AvgIpc) is 3.28. The minimum Gasteiger partial charge on any atom is -0.349 e. The zero-order valence-corrected chi connectivity index (χ0v) is 18.8. The van der Waals surface area contributed by atoms with E-state index in [-0.39, 0.29) is 17.3 Å². The number of fused-ring (bicyclic) bond motifs is 1. The summed E-state index contributed by atoms with van der Waals surface area (Å²) in [4.78, 5) is 26.8. The van der Waals surface area contributed by atoms with Gasteiger partial charge < -0.3 is 10.6 Å². The molecule has 1 aromatic carbocycles. The molecule has 1 saturated carbocycles. The van der Waals surface area contributed by atoms with E-state index in [2.05, 4.69) is 15.6 Å². The summed E-state index contributed by atoms with van der Waals surface area (Å²) in [6.45, 7) is 0. The van der Waals surface area contributed by atoms with Crippen LogP contribution in [0.4, 0.5) is 11.5 Å². The van der Waals surface area contributed by atoms with Gasteiger partial charge in [0.1, 0.15) is 5.82 Å². The number of nitrogens with zero attached hydrogens (tertiary/aromatic N) is 3. The molecule has 3 aromatic rings. The minimum absolute atomic E-state index is 0.0751. The summed E-state index contributed by atoms with van der Waals surface area (Å²) in [5.74, 6) is 1.07. The SMILES string of the molecule is O=C(NC1CCCC1)c1ccccc1Nc1nc(-c2cccnc2)nc2c1C=CC(Cl)C=C2. The monoisotopic (exact) mass is 457 g/mol. The molecule has 5 rings (SSSR count). The summed E-state index contributed by atoms with van der Waals surface area (Å²) < 4.78 is 0. The maximum absolute atomic E-state index is 13.1. The molecule has 0 aliphatic heterocycles. The summed E-state index contributed by atoms with van der Waals surface area (Å²) in [6.07, 6.45) is 15.4. The van der Waals surface area contributed by atoms with Crippen LogP contribution in [0.5, 0.6) is 0 Å². The van der Waals surface area contributed by atoms with Gasteiger partial charge in [-0.15, -0.1) is 11.6 Å². The Bertz CT molecular complexity index is 1220. The molecule has 166 valence electrons. The van der Waals surface area contributed by atoms with Crippen molar-refractivity contribution in [3.8, 4) is 11.4 Å². The first-order chi connectivity index (χ1) is 16.2. The lowest BCUT2D eigenvalue weighted by atomic mass is 10.1.